The second-order valence-corrected chi connectivity index (χ2v) is 6.49. The van der Waals surface area contributed by atoms with Gasteiger partial charge in [-0.3, -0.25) is 4.79 Å². The fourth-order valence-electron chi connectivity index (χ4n) is 2.65. The molecule has 0 amide bonds. The Morgan fingerprint density at radius 2 is 1.46 bits per heavy atom. The number of ether oxygens (including phenoxy) is 3. The molecule has 28 heavy (non-hydrogen) atoms. The van der Waals surface area contributed by atoms with Gasteiger partial charge in [-0.15, -0.1) is 0 Å². The van der Waals surface area contributed by atoms with Crippen molar-refractivity contribution in [3.05, 3.63) is 59.2 Å². The lowest BCUT2D eigenvalue weighted by Crippen LogP contribution is -2.02. The van der Waals surface area contributed by atoms with Gasteiger partial charge in [0.05, 0.1) is 19.8 Å². The van der Waals surface area contributed by atoms with Gasteiger partial charge in [0.15, 0.2) is 5.78 Å². The van der Waals surface area contributed by atoms with Gasteiger partial charge in [-0.25, -0.2) is 0 Å². The van der Waals surface area contributed by atoms with Crippen molar-refractivity contribution in [2.75, 3.05) is 19.8 Å². The highest BCUT2D eigenvalue weighted by atomic mass is 16.5. The quantitative estimate of drug-likeness (QED) is 0.360. The van der Waals surface area contributed by atoms with Gasteiger partial charge in [0.25, 0.3) is 0 Å². The molecule has 0 saturated heterocycles. The monoisotopic (exact) mass is 382 g/mol. The first kappa shape index (κ1) is 21.5. The lowest BCUT2D eigenvalue weighted by molar-refractivity contribution is 0.104. The van der Waals surface area contributed by atoms with Gasteiger partial charge in [0.2, 0.25) is 0 Å². The van der Waals surface area contributed by atoms with Crippen molar-refractivity contribution in [2.45, 2.75) is 40.5 Å². The van der Waals surface area contributed by atoms with Crippen LogP contribution in [-0.2, 0) is 0 Å². The zero-order chi connectivity index (χ0) is 20.4. The smallest absolute Gasteiger partial charge is 0.185 e. The molecule has 0 aromatic heterocycles. The van der Waals surface area contributed by atoms with E-state index in [1.165, 1.54) is 0 Å². The van der Waals surface area contributed by atoms with Crippen LogP contribution in [-0.4, -0.2) is 25.6 Å². The third kappa shape index (κ3) is 6.15. The summed E-state index contributed by atoms with van der Waals surface area (Å²) in [5, 5.41) is 0. The van der Waals surface area contributed by atoms with E-state index in [0.29, 0.717) is 25.4 Å². The molecule has 0 bridgehead atoms. The van der Waals surface area contributed by atoms with E-state index in [1.807, 2.05) is 38.1 Å². The molecule has 0 unspecified atom stereocenters. The van der Waals surface area contributed by atoms with Crippen molar-refractivity contribution in [2.24, 2.45) is 0 Å². The molecule has 150 valence electrons. The third-order valence-corrected chi connectivity index (χ3v) is 4.14. The summed E-state index contributed by atoms with van der Waals surface area (Å²) in [6, 6.07) is 11.1. The van der Waals surface area contributed by atoms with Crippen LogP contribution in [0.1, 0.15) is 55.1 Å². The summed E-state index contributed by atoms with van der Waals surface area (Å²) in [7, 11) is 0. The largest absolute Gasteiger partial charge is 0.494 e. The Hall–Kier alpha value is -2.75. The highest BCUT2D eigenvalue weighted by molar-refractivity contribution is 6.06. The number of carbonyl (C=O) groups is 1. The molecule has 2 rings (SSSR count). The zero-order valence-corrected chi connectivity index (χ0v) is 17.3. The molecule has 0 aliphatic rings. The fourth-order valence-corrected chi connectivity index (χ4v) is 2.65. The Kier molecular flexibility index (Phi) is 8.60. The highest BCUT2D eigenvalue weighted by Crippen LogP contribution is 2.31. The molecule has 0 atom stereocenters. The molecule has 4 heteroatoms. The third-order valence-electron chi connectivity index (χ3n) is 4.14. The number of hydrogen-bond acceptors (Lipinski definition) is 4. The predicted octanol–water partition coefficient (Wildman–Crippen LogP) is 5.87. The van der Waals surface area contributed by atoms with E-state index in [1.54, 1.807) is 24.3 Å². The molecule has 0 aliphatic heterocycles. The van der Waals surface area contributed by atoms with Gasteiger partial charge in [-0.1, -0.05) is 19.9 Å². The maximum absolute atomic E-state index is 12.5. The number of rotatable bonds is 11. The summed E-state index contributed by atoms with van der Waals surface area (Å²) < 4.78 is 17.1. The molecular weight excluding hydrogens is 352 g/mol. The Balaban J connectivity index is 2.21. The maximum atomic E-state index is 12.5. The maximum Gasteiger partial charge on any atom is 0.185 e. The Morgan fingerprint density at radius 3 is 1.96 bits per heavy atom. The summed E-state index contributed by atoms with van der Waals surface area (Å²) in [5.74, 6) is 2.29. The summed E-state index contributed by atoms with van der Waals surface area (Å²) in [6.07, 6.45) is 5.24. The SMILES string of the molecule is CCCOc1cc(C=CC(=O)c2ccc(OCC)cc2)cc(OCCC)c1C. The van der Waals surface area contributed by atoms with Crippen molar-refractivity contribution in [1.29, 1.82) is 0 Å². The van der Waals surface area contributed by atoms with Crippen LogP contribution in [0, 0.1) is 6.92 Å². The van der Waals surface area contributed by atoms with E-state index in [9.17, 15) is 4.79 Å². The van der Waals surface area contributed by atoms with Gasteiger partial charge in [-0.05, 0) is 74.7 Å². The second kappa shape index (κ2) is 11.2. The van der Waals surface area contributed by atoms with Gasteiger partial charge in [0, 0.05) is 11.1 Å². The molecule has 0 aliphatic carbocycles. The van der Waals surface area contributed by atoms with Crippen LogP contribution in [0.3, 0.4) is 0 Å². The van der Waals surface area contributed by atoms with Crippen LogP contribution in [0.15, 0.2) is 42.5 Å². The zero-order valence-electron chi connectivity index (χ0n) is 17.3. The van der Waals surface area contributed by atoms with Crippen molar-refractivity contribution >= 4 is 11.9 Å². The first-order chi connectivity index (χ1) is 13.6. The lowest BCUT2D eigenvalue weighted by Gasteiger charge is -2.14. The molecule has 0 spiro atoms. The van der Waals surface area contributed by atoms with E-state index in [0.717, 1.165) is 41.2 Å². The molecular formula is C24H30O4. The number of hydrogen-bond donors (Lipinski definition) is 0. The Labute approximate surface area is 168 Å². The number of benzene rings is 2. The average Bonchev–Trinajstić information content (AvgIpc) is 2.71. The van der Waals surface area contributed by atoms with Crippen molar-refractivity contribution in [3.63, 3.8) is 0 Å². The first-order valence-electron chi connectivity index (χ1n) is 9.94. The lowest BCUT2D eigenvalue weighted by atomic mass is 10.1. The van der Waals surface area contributed by atoms with Crippen LogP contribution in [0.25, 0.3) is 6.08 Å². The first-order valence-corrected chi connectivity index (χ1v) is 9.94. The summed E-state index contributed by atoms with van der Waals surface area (Å²) >= 11 is 0. The molecule has 4 nitrogen and oxygen atoms in total. The topological polar surface area (TPSA) is 44.8 Å². The summed E-state index contributed by atoms with van der Waals surface area (Å²) in [4.78, 5) is 12.5. The van der Waals surface area contributed by atoms with E-state index >= 15 is 0 Å². The molecule has 2 aromatic rings. The van der Waals surface area contributed by atoms with Crippen LogP contribution < -0.4 is 14.2 Å². The van der Waals surface area contributed by atoms with E-state index in [2.05, 4.69) is 13.8 Å². The highest BCUT2D eigenvalue weighted by Gasteiger charge is 2.09. The van der Waals surface area contributed by atoms with Crippen molar-refractivity contribution in [3.8, 4) is 17.2 Å². The van der Waals surface area contributed by atoms with Gasteiger partial charge < -0.3 is 14.2 Å². The predicted molar refractivity (Wildman–Crippen MR) is 114 cm³/mol. The normalized spacial score (nSPS) is 10.9. The van der Waals surface area contributed by atoms with Gasteiger partial charge >= 0.3 is 0 Å². The molecule has 0 heterocycles. The molecule has 0 saturated carbocycles. The minimum absolute atomic E-state index is 0.0596. The van der Waals surface area contributed by atoms with Crippen molar-refractivity contribution in [1.82, 2.24) is 0 Å². The van der Waals surface area contributed by atoms with Crippen molar-refractivity contribution < 1.29 is 19.0 Å². The average molecular weight is 383 g/mol. The standard InChI is InChI=1S/C24H30O4/c1-5-14-27-23-16-19(17-24(18(23)4)28-15-6-2)8-13-22(25)20-9-11-21(12-10-20)26-7-3/h8-13,16-17H,5-7,14-15H2,1-4H3. The molecule has 0 N–H and O–H groups in total. The van der Waals surface area contributed by atoms with E-state index in [4.69, 9.17) is 14.2 Å². The molecule has 0 fully saturated rings. The second-order valence-electron chi connectivity index (χ2n) is 6.49. The fraction of sp³-hybridized carbons (Fsp3) is 0.375. The Morgan fingerprint density at radius 1 is 0.893 bits per heavy atom. The minimum Gasteiger partial charge on any atom is -0.494 e. The summed E-state index contributed by atoms with van der Waals surface area (Å²) in [5.41, 5.74) is 2.48. The molecule has 2 aromatic carbocycles. The Bertz CT molecular complexity index is 762. The van der Waals surface area contributed by atoms with Crippen LogP contribution in [0.5, 0.6) is 17.2 Å². The molecule has 0 radical (unpaired) electrons. The number of ketones is 1. The number of allylic oxidation sites excluding steroid dienone is 1. The minimum atomic E-state index is -0.0596. The number of carbonyl (C=O) groups excluding carboxylic acids is 1. The van der Waals surface area contributed by atoms with Gasteiger partial charge in [-0.2, -0.15) is 0 Å². The van der Waals surface area contributed by atoms with E-state index in [-0.39, 0.29) is 5.78 Å². The van der Waals surface area contributed by atoms with E-state index < -0.39 is 0 Å². The van der Waals surface area contributed by atoms with Crippen LogP contribution in [0.2, 0.25) is 0 Å². The van der Waals surface area contributed by atoms with Crippen LogP contribution >= 0.6 is 0 Å². The summed E-state index contributed by atoms with van der Waals surface area (Å²) in [6.45, 7) is 9.96. The van der Waals surface area contributed by atoms with Crippen LogP contribution in [0.4, 0.5) is 0 Å². The van der Waals surface area contributed by atoms with Gasteiger partial charge in [0.1, 0.15) is 17.2 Å².